The third-order valence-corrected chi connectivity index (χ3v) is 7.20. The van der Waals surface area contributed by atoms with Crippen LogP contribution in [0, 0.1) is 6.92 Å². The van der Waals surface area contributed by atoms with Crippen molar-refractivity contribution >= 4 is 15.9 Å². The maximum Gasteiger partial charge on any atom is 0.251 e. The Morgan fingerprint density at radius 2 is 1.85 bits per heavy atom. The molecule has 6 nitrogen and oxygen atoms in total. The lowest BCUT2D eigenvalue weighted by atomic mass is 9.92. The van der Waals surface area contributed by atoms with Gasteiger partial charge in [0.15, 0.2) is 0 Å². The highest BCUT2D eigenvalue weighted by molar-refractivity contribution is 7.89. The minimum atomic E-state index is -3.65. The van der Waals surface area contributed by atoms with Gasteiger partial charge in [0.25, 0.3) is 5.91 Å². The van der Waals surface area contributed by atoms with Crippen LogP contribution in [0.1, 0.15) is 68.3 Å². The van der Waals surface area contributed by atoms with E-state index in [2.05, 4.69) is 10.0 Å². The maximum atomic E-state index is 12.8. The van der Waals surface area contributed by atoms with Gasteiger partial charge in [-0.1, -0.05) is 32.8 Å². The number of nitrogens with one attached hydrogen (secondary N) is 2. The van der Waals surface area contributed by atoms with E-state index in [1.54, 1.807) is 19.1 Å². The van der Waals surface area contributed by atoms with Crippen molar-refractivity contribution in [2.24, 2.45) is 5.73 Å². The molecule has 1 aromatic rings. The van der Waals surface area contributed by atoms with E-state index in [0.29, 0.717) is 30.5 Å². The molecule has 0 unspecified atom stereocenters. The summed E-state index contributed by atoms with van der Waals surface area (Å²) in [6.45, 7) is 6.04. The van der Waals surface area contributed by atoms with Crippen molar-refractivity contribution in [2.75, 3.05) is 6.54 Å². The molecule has 0 radical (unpaired) electrons. The molecule has 1 fully saturated rings. The zero-order chi connectivity index (χ0) is 19.4. The molecular formula is C19H31N3O3S. The number of carbonyl (C=O) groups is 1. The monoisotopic (exact) mass is 381 g/mol. The normalized spacial score (nSPS) is 16.0. The molecule has 0 atom stereocenters. The summed E-state index contributed by atoms with van der Waals surface area (Å²) >= 11 is 0. The molecule has 0 spiro atoms. The number of rotatable bonds is 8. The predicted octanol–water partition coefficient (Wildman–Crippen LogP) is 2.46. The molecule has 0 saturated heterocycles. The van der Waals surface area contributed by atoms with Crippen LogP contribution < -0.4 is 15.8 Å². The molecule has 4 N–H and O–H groups in total. The Labute approximate surface area is 157 Å². The summed E-state index contributed by atoms with van der Waals surface area (Å²) in [6, 6.07) is 4.79. The summed E-state index contributed by atoms with van der Waals surface area (Å²) in [4.78, 5) is 12.9. The summed E-state index contributed by atoms with van der Waals surface area (Å²) in [5.41, 5.74) is 6.34. The van der Waals surface area contributed by atoms with Crippen molar-refractivity contribution in [3.63, 3.8) is 0 Å². The van der Waals surface area contributed by atoms with Crippen molar-refractivity contribution in [1.82, 2.24) is 10.0 Å². The van der Waals surface area contributed by atoms with E-state index in [9.17, 15) is 13.2 Å². The van der Waals surface area contributed by atoms with E-state index in [-0.39, 0.29) is 16.8 Å². The number of nitrogens with two attached hydrogens (primary N) is 1. The van der Waals surface area contributed by atoms with Crippen molar-refractivity contribution < 1.29 is 13.2 Å². The van der Waals surface area contributed by atoms with Crippen LogP contribution in [0.25, 0.3) is 0 Å². The van der Waals surface area contributed by atoms with E-state index in [1.165, 1.54) is 6.07 Å². The van der Waals surface area contributed by atoms with Crippen LogP contribution in [0.15, 0.2) is 23.1 Å². The van der Waals surface area contributed by atoms with Crippen molar-refractivity contribution in [1.29, 1.82) is 0 Å². The van der Waals surface area contributed by atoms with Crippen LogP contribution in [0.5, 0.6) is 0 Å². The number of amides is 1. The number of aryl methyl sites for hydroxylation is 1. The second kappa shape index (κ2) is 8.50. The zero-order valence-corrected chi connectivity index (χ0v) is 16.8. The smallest absolute Gasteiger partial charge is 0.251 e. The molecule has 146 valence electrons. The highest BCUT2D eigenvalue weighted by Crippen LogP contribution is 2.23. The third-order valence-electron chi connectivity index (χ3n) is 5.54. The predicted molar refractivity (Wildman–Crippen MR) is 104 cm³/mol. The van der Waals surface area contributed by atoms with E-state index >= 15 is 0 Å². The number of hydrogen-bond donors (Lipinski definition) is 3. The minimum Gasteiger partial charge on any atom is -0.345 e. The Balaban J connectivity index is 2.27. The van der Waals surface area contributed by atoms with Crippen LogP contribution in [0.2, 0.25) is 0 Å². The van der Waals surface area contributed by atoms with Gasteiger partial charge in [0.2, 0.25) is 10.0 Å². The Morgan fingerprint density at radius 3 is 2.38 bits per heavy atom. The maximum absolute atomic E-state index is 12.8. The van der Waals surface area contributed by atoms with Crippen LogP contribution in [-0.2, 0) is 10.0 Å². The van der Waals surface area contributed by atoms with E-state index in [1.807, 2.05) is 13.8 Å². The zero-order valence-electron chi connectivity index (χ0n) is 16.0. The number of hydrogen-bond acceptors (Lipinski definition) is 4. The molecule has 1 aromatic carbocycles. The van der Waals surface area contributed by atoms with Crippen LogP contribution in [0.3, 0.4) is 0 Å². The quantitative estimate of drug-likeness (QED) is 0.644. The summed E-state index contributed by atoms with van der Waals surface area (Å²) < 4.78 is 28.3. The fraction of sp³-hybridized carbons (Fsp3) is 0.632. The average Bonchev–Trinajstić information content (AvgIpc) is 3.12. The first-order chi connectivity index (χ1) is 12.3. The van der Waals surface area contributed by atoms with E-state index in [4.69, 9.17) is 5.73 Å². The second-order valence-electron chi connectivity index (χ2n) is 7.23. The fourth-order valence-electron chi connectivity index (χ4n) is 3.44. The first-order valence-corrected chi connectivity index (χ1v) is 10.9. The SMILES string of the molecule is CCC(CC)(CN)NC(=O)c1ccc(C)c(S(=O)(=O)NC2CCCC2)c1. The Bertz CT molecular complexity index is 728. The summed E-state index contributed by atoms with van der Waals surface area (Å²) in [7, 11) is -3.65. The average molecular weight is 382 g/mol. The number of benzene rings is 1. The van der Waals surface area contributed by atoms with E-state index in [0.717, 1.165) is 25.7 Å². The van der Waals surface area contributed by atoms with Gasteiger partial charge in [-0.2, -0.15) is 0 Å². The Hall–Kier alpha value is -1.44. The lowest BCUT2D eigenvalue weighted by Gasteiger charge is -2.31. The Morgan fingerprint density at radius 1 is 1.23 bits per heavy atom. The number of sulfonamides is 1. The summed E-state index contributed by atoms with van der Waals surface area (Å²) in [5.74, 6) is -0.295. The molecule has 0 aromatic heterocycles. The van der Waals surface area contributed by atoms with E-state index < -0.39 is 15.6 Å². The highest BCUT2D eigenvalue weighted by atomic mass is 32.2. The molecule has 1 aliphatic carbocycles. The lowest BCUT2D eigenvalue weighted by Crippen LogP contribution is -2.52. The first-order valence-electron chi connectivity index (χ1n) is 9.42. The largest absolute Gasteiger partial charge is 0.345 e. The molecule has 1 amide bonds. The molecule has 1 saturated carbocycles. The first kappa shape index (κ1) is 20.9. The third kappa shape index (κ3) is 4.64. The molecule has 0 bridgehead atoms. The van der Waals surface area contributed by atoms with Gasteiger partial charge in [0, 0.05) is 18.2 Å². The molecular weight excluding hydrogens is 350 g/mol. The van der Waals surface area contributed by atoms with Crippen LogP contribution in [-0.4, -0.2) is 32.5 Å². The molecule has 0 heterocycles. The Kier molecular flexibility index (Phi) is 6.82. The highest BCUT2D eigenvalue weighted by Gasteiger charge is 2.28. The van der Waals surface area contributed by atoms with Gasteiger partial charge in [-0.15, -0.1) is 0 Å². The molecule has 0 aliphatic heterocycles. The molecule has 7 heteroatoms. The van der Waals surface area contributed by atoms with Gasteiger partial charge in [0.1, 0.15) is 0 Å². The molecule has 2 rings (SSSR count). The topological polar surface area (TPSA) is 101 Å². The molecule has 26 heavy (non-hydrogen) atoms. The van der Waals surface area contributed by atoms with Gasteiger partial charge in [-0.05, 0) is 50.3 Å². The fourth-order valence-corrected chi connectivity index (χ4v) is 5.01. The van der Waals surface area contributed by atoms with Crippen LogP contribution >= 0.6 is 0 Å². The van der Waals surface area contributed by atoms with Crippen molar-refractivity contribution in [2.45, 2.75) is 75.8 Å². The summed E-state index contributed by atoms with van der Waals surface area (Å²) in [5, 5.41) is 2.99. The van der Waals surface area contributed by atoms with Gasteiger partial charge in [-0.3, -0.25) is 4.79 Å². The van der Waals surface area contributed by atoms with Crippen molar-refractivity contribution in [3.8, 4) is 0 Å². The summed E-state index contributed by atoms with van der Waals surface area (Å²) in [6.07, 6.45) is 5.25. The standard InChI is InChI=1S/C19H31N3O3S/c1-4-19(5-2,13-20)21-18(23)15-11-10-14(3)17(12-15)26(24,25)22-16-8-6-7-9-16/h10-12,16,22H,4-9,13,20H2,1-3H3,(H,21,23). The minimum absolute atomic E-state index is 0.0121. The van der Waals surface area contributed by atoms with Gasteiger partial charge < -0.3 is 11.1 Å². The number of carbonyl (C=O) groups excluding carboxylic acids is 1. The second-order valence-corrected chi connectivity index (χ2v) is 8.91. The molecule has 1 aliphatic rings. The van der Waals surface area contributed by atoms with Crippen molar-refractivity contribution in [3.05, 3.63) is 29.3 Å². The van der Waals surface area contributed by atoms with Crippen LogP contribution in [0.4, 0.5) is 0 Å². The van der Waals surface area contributed by atoms with Gasteiger partial charge in [0.05, 0.1) is 10.4 Å². The lowest BCUT2D eigenvalue weighted by molar-refractivity contribution is 0.0895. The van der Waals surface area contributed by atoms with Gasteiger partial charge in [-0.25, -0.2) is 13.1 Å². The van der Waals surface area contributed by atoms with Gasteiger partial charge >= 0.3 is 0 Å².